The lowest BCUT2D eigenvalue weighted by Crippen LogP contribution is -2.38. The average molecular weight is 445 g/mol. The average Bonchev–Trinajstić information content (AvgIpc) is 3.05. The predicted molar refractivity (Wildman–Crippen MR) is 105 cm³/mol. The van der Waals surface area contributed by atoms with Crippen LogP contribution in [-0.2, 0) is 19.1 Å². The van der Waals surface area contributed by atoms with Gasteiger partial charge >= 0.3 is 11.9 Å². The van der Waals surface area contributed by atoms with E-state index < -0.39 is 24.1 Å². The van der Waals surface area contributed by atoms with E-state index in [1.54, 1.807) is 24.3 Å². The van der Waals surface area contributed by atoms with Crippen LogP contribution < -0.4 is 0 Å². The minimum absolute atomic E-state index is 0.0351. The molecule has 4 rings (SSSR count). The molecule has 0 unspecified atom stereocenters. The highest BCUT2D eigenvalue weighted by molar-refractivity contribution is 9.10. The maximum absolute atomic E-state index is 12.8. The maximum atomic E-state index is 12.8. The lowest BCUT2D eigenvalue weighted by Gasteiger charge is -2.29. The van der Waals surface area contributed by atoms with Crippen molar-refractivity contribution in [2.75, 3.05) is 0 Å². The highest BCUT2D eigenvalue weighted by Crippen LogP contribution is 2.48. The second-order valence-electron chi connectivity index (χ2n) is 7.82. The fraction of sp³-hybridized carbons (Fsp3) is 0.409. The molecule has 6 heteroatoms. The fourth-order valence-corrected chi connectivity index (χ4v) is 5.18. The summed E-state index contributed by atoms with van der Waals surface area (Å²) >= 11 is 3.38. The number of esters is 2. The minimum Gasteiger partial charge on any atom is -0.461 e. The third kappa shape index (κ3) is 2.94. The summed E-state index contributed by atoms with van der Waals surface area (Å²) in [6, 6.07) is 7.07. The molecule has 28 heavy (non-hydrogen) atoms. The summed E-state index contributed by atoms with van der Waals surface area (Å²) in [5.74, 6) is -1.75. The van der Waals surface area contributed by atoms with E-state index in [9.17, 15) is 14.4 Å². The fourth-order valence-electron chi connectivity index (χ4n) is 4.74. The molecule has 0 spiro atoms. The van der Waals surface area contributed by atoms with E-state index in [0.717, 1.165) is 11.1 Å². The molecule has 0 amide bonds. The second kappa shape index (κ2) is 6.99. The first-order valence-corrected chi connectivity index (χ1v) is 10.2. The summed E-state index contributed by atoms with van der Waals surface area (Å²) in [5.41, 5.74) is 2.91. The van der Waals surface area contributed by atoms with Crippen molar-refractivity contribution >= 4 is 33.7 Å². The molecule has 5 atom stereocenters. The van der Waals surface area contributed by atoms with E-state index in [2.05, 4.69) is 15.9 Å². The van der Waals surface area contributed by atoms with Crippen molar-refractivity contribution in [2.45, 2.75) is 39.4 Å². The Balaban J connectivity index is 1.72. The van der Waals surface area contributed by atoms with Gasteiger partial charge in [-0.2, -0.15) is 0 Å². The quantitative estimate of drug-likeness (QED) is 0.644. The number of halogens is 1. The lowest BCUT2D eigenvalue weighted by atomic mass is 9.79. The Bertz CT molecular complexity index is 944. The van der Waals surface area contributed by atoms with Gasteiger partial charge in [0.15, 0.2) is 5.78 Å². The van der Waals surface area contributed by atoms with Crippen molar-refractivity contribution in [2.24, 2.45) is 17.8 Å². The van der Waals surface area contributed by atoms with Crippen LogP contribution in [0.15, 0.2) is 51.5 Å². The summed E-state index contributed by atoms with van der Waals surface area (Å²) in [7, 11) is 0. The van der Waals surface area contributed by atoms with Crippen LogP contribution in [0.1, 0.15) is 37.6 Å². The Morgan fingerprint density at radius 1 is 1.21 bits per heavy atom. The van der Waals surface area contributed by atoms with Gasteiger partial charge in [-0.3, -0.25) is 9.59 Å². The Kier molecular flexibility index (Phi) is 4.78. The van der Waals surface area contributed by atoms with Crippen molar-refractivity contribution in [3.05, 3.63) is 57.1 Å². The predicted octanol–water partition coefficient (Wildman–Crippen LogP) is 4.02. The van der Waals surface area contributed by atoms with E-state index in [0.29, 0.717) is 22.0 Å². The zero-order valence-electron chi connectivity index (χ0n) is 15.9. The molecule has 1 heterocycles. The van der Waals surface area contributed by atoms with E-state index in [4.69, 9.17) is 9.47 Å². The molecule has 1 aromatic carbocycles. The first-order valence-electron chi connectivity index (χ1n) is 9.37. The Hall–Kier alpha value is -2.21. The van der Waals surface area contributed by atoms with E-state index in [-0.39, 0.29) is 23.6 Å². The van der Waals surface area contributed by atoms with Gasteiger partial charge in [0.1, 0.15) is 12.2 Å². The van der Waals surface area contributed by atoms with Gasteiger partial charge in [0, 0.05) is 28.3 Å². The number of rotatable bonds is 2. The third-order valence-electron chi connectivity index (χ3n) is 6.08. The molecule has 2 aliphatic carbocycles. The topological polar surface area (TPSA) is 69.7 Å². The van der Waals surface area contributed by atoms with Gasteiger partial charge in [-0.25, -0.2) is 4.79 Å². The number of hydrogen-bond acceptors (Lipinski definition) is 5. The molecule has 146 valence electrons. The lowest BCUT2D eigenvalue weighted by molar-refractivity contribution is -0.144. The van der Waals surface area contributed by atoms with Crippen LogP contribution in [0, 0.1) is 17.8 Å². The van der Waals surface area contributed by atoms with Crippen LogP contribution in [0.2, 0.25) is 0 Å². The zero-order chi connectivity index (χ0) is 20.2. The van der Waals surface area contributed by atoms with Gasteiger partial charge in [0.05, 0.1) is 11.5 Å². The number of ether oxygens (including phenoxy) is 2. The first kappa shape index (κ1) is 19.1. The van der Waals surface area contributed by atoms with Crippen molar-refractivity contribution in [1.29, 1.82) is 0 Å². The second-order valence-corrected chi connectivity index (χ2v) is 8.67. The number of ketones is 1. The van der Waals surface area contributed by atoms with Gasteiger partial charge in [-0.1, -0.05) is 30.2 Å². The number of hydrogen-bond donors (Lipinski definition) is 0. The van der Waals surface area contributed by atoms with Crippen LogP contribution in [-0.4, -0.2) is 29.9 Å². The van der Waals surface area contributed by atoms with Crippen LogP contribution in [0.5, 0.6) is 0 Å². The van der Waals surface area contributed by atoms with Crippen molar-refractivity contribution < 1.29 is 23.9 Å². The van der Waals surface area contributed by atoms with Gasteiger partial charge < -0.3 is 9.47 Å². The zero-order valence-corrected chi connectivity index (χ0v) is 17.5. The SMILES string of the molecule is CC1=CC(=O)C2=C(C)C[C@@H](OC(=O)c3ccccc3Br)[C@H]3[C@@H](OC(=O)[C@@H]3C)[C@H]12. The summed E-state index contributed by atoms with van der Waals surface area (Å²) in [5, 5.41) is 0. The van der Waals surface area contributed by atoms with Gasteiger partial charge in [0.2, 0.25) is 0 Å². The number of carbonyl (C=O) groups excluding carboxylic acids is 3. The highest BCUT2D eigenvalue weighted by Gasteiger charge is 2.55. The molecule has 1 aliphatic heterocycles. The van der Waals surface area contributed by atoms with Crippen molar-refractivity contribution in [3.8, 4) is 0 Å². The van der Waals surface area contributed by atoms with Crippen LogP contribution >= 0.6 is 15.9 Å². The van der Waals surface area contributed by atoms with Crippen LogP contribution in [0.4, 0.5) is 0 Å². The normalized spacial score (nSPS) is 31.7. The molecule has 1 saturated heterocycles. The van der Waals surface area contributed by atoms with Gasteiger partial charge in [-0.05, 0) is 48.0 Å². The molecular formula is C22H21BrO5. The monoisotopic (exact) mass is 444 g/mol. The van der Waals surface area contributed by atoms with Crippen molar-refractivity contribution in [1.82, 2.24) is 0 Å². The molecule has 1 aromatic rings. The molecular weight excluding hydrogens is 424 g/mol. The molecule has 0 N–H and O–H groups in total. The molecule has 0 bridgehead atoms. The summed E-state index contributed by atoms with van der Waals surface area (Å²) in [4.78, 5) is 37.7. The maximum Gasteiger partial charge on any atom is 0.339 e. The molecule has 0 aromatic heterocycles. The summed E-state index contributed by atoms with van der Waals surface area (Å²) in [6.45, 7) is 5.60. The standard InChI is InChI=1S/C22H21BrO5/c1-10-8-15(24)17-11(2)9-16(19-12(3)21(25)28-20(19)18(10)17)27-22(26)13-6-4-5-7-14(13)23/h4-8,12,16,18-20H,9H2,1-3H3/t12-,16-,18-,19+,20+/m1/s1. The highest BCUT2D eigenvalue weighted by atomic mass is 79.9. The summed E-state index contributed by atoms with van der Waals surface area (Å²) < 4.78 is 12.3. The molecule has 0 radical (unpaired) electrons. The van der Waals surface area contributed by atoms with E-state index >= 15 is 0 Å². The van der Waals surface area contributed by atoms with E-state index in [1.807, 2.05) is 26.8 Å². The smallest absolute Gasteiger partial charge is 0.339 e. The van der Waals surface area contributed by atoms with Gasteiger partial charge in [-0.15, -0.1) is 0 Å². The third-order valence-corrected chi connectivity index (χ3v) is 6.78. The Morgan fingerprint density at radius 2 is 1.93 bits per heavy atom. The van der Waals surface area contributed by atoms with Crippen LogP contribution in [0.25, 0.3) is 0 Å². The Labute approximate surface area is 171 Å². The number of fused-ring (bicyclic) bond motifs is 3. The van der Waals surface area contributed by atoms with Crippen molar-refractivity contribution in [3.63, 3.8) is 0 Å². The molecule has 3 aliphatic rings. The number of benzene rings is 1. The van der Waals surface area contributed by atoms with E-state index in [1.165, 1.54) is 0 Å². The van der Waals surface area contributed by atoms with Crippen LogP contribution in [0.3, 0.4) is 0 Å². The molecule has 1 fully saturated rings. The molecule has 5 nitrogen and oxygen atoms in total. The number of allylic oxidation sites excluding steroid dienone is 1. The Morgan fingerprint density at radius 3 is 2.64 bits per heavy atom. The first-order chi connectivity index (χ1) is 13.3. The number of carbonyl (C=O) groups is 3. The summed E-state index contributed by atoms with van der Waals surface area (Å²) in [6.07, 6.45) is 1.02. The largest absolute Gasteiger partial charge is 0.461 e. The van der Waals surface area contributed by atoms with Gasteiger partial charge in [0.25, 0.3) is 0 Å². The molecule has 0 saturated carbocycles. The minimum atomic E-state index is -0.537.